The van der Waals surface area contributed by atoms with E-state index in [1.807, 2.05) is 0 Å². The van der Waals surface area contributed by atoms with Gasteiger partial charge in [0.2, 0.25) is 0 Å². The predicted octanol–water partition coefficient (Wildman–Crippen LogP) is 1.30. The Morgan fingerprint density at radius 1 is 1.04 bits per heavy atom. The van der Waals surface area contributed by atoms with Crippen LogP contribution in [0.5, 0.6) is 0 Å². The van der Waals surface area contributed by atoms with Crippen molar-refractivity contribution in [2.24, 2.45) is 4.99 Å². The second-order valence-corrected chi connectivity index (χ2v) is 8.39. The molecule has 2 N–H and O–H groups in total. The number of nitrogens with one attached hydrogen (secondary N) is 2. The topological polar surface area (TPSA) is 55.4 Å². The van der Waals surface area contributed by atoms with Crippen molar-refractivity contribution >= 4 is 29.9 Å². The minimum Gasteiger partial charge on any atom is -0.379 e. The summed E-state index contributed by atoms with van der Waals surface area (Å²) in [6, 6.07) is 0. The molecule has 2 aliphatic rings. The molecule has 0 aromatic carbocycles. The number of aliphatic imine (C=N–C) groups is 1. The Hall–Kier alpha value is -0.160. The van der Waals surface area contributed by atoms with Crippen molar-refractivity contribution in [3.63, 3.8) is 0 Å². The summed E-state index contributed by atoms with van der Waals surface area (Å²) in [4.78, 5) is 12.4. The van der Waals surface area contributed by atoms with Crippen LogP contribution in [0.1, 0.15) is 33.6 Å². The average Bonchev–Trinajstić information content (AvgIpc) is 2.88. The van der Waals surface area contributed by atoms with E-state index >= 15 is 0 Å². The molecule has 0 aliphatic carbocycles. The monoisotopic (exact) mass is 510 g/mol. The van der Waals surface area contributed by atoms with Gasteiger partial charge in [0.1, 0.15) is 0 Å². The molecule has 0 unspecified atom stereocenters. The Kier molecular flexibility index (Phi) is 12.9. The number of nitrogens with zero attached hydrogens (tertiary/aromatic N) is 4. The Balaban J connectivity index is 0.00000392. The Morgan fingerprint density at radius 2 is 1.79 bits per heavy atom. The average molecular weight is 511 g/mol. The second-order valence-electron chi connectivity index (χ2n) is 8.39. The van der Waals surface area contributed by atoms with E-state index in [9.17, 15) is 0 Å². The minimum atomic E-state index is 0. The van der Waals surface area contributed by atoms with Crippen LogP contribution >= 0.6 is 24.0 Å². The summed E-state index contributed by atoms with van der Waals surface area (Å²) in [6.45, 7) is 19.0. The van der Waals surface area contributed by atoms with Crippen LogP contribution in [-0.2, 0) is 4.74 Å². The lowest BCUT2D eigenvalue weighted by Gasteiger charge is -2.39. The Labute approximate surface area is 189 Å². The number of hydrogen-bond acceptors (Lipinski definition) is 5. The zero-order valence-corrected chi connectivity index (χ0v) is 20.8. The molecule has 8 heteroatoms. The molecule has 0 spiro atoms. The van der Waals surface area contributed by atoms with Gasteiger partial charge in [-0.1, -0.05) is 0 Å². The number of morpholine rings is 1. The summed E-state index contributed by atoms with van der Waals surface area (Å²) in [6.07, 6.45) is 2.44. The van der Waals surface area contributed by atoms with E-state index in [0.29, 0.717) is 0 Å². The van der Waals surface area contributed by atoms with Crippen molar-refractivity contribution in [2.45, 2.75) is 39.2 Å². The zero-order chi connectivity index (χ0) is 19.5. The molecule has 2 heterocycles. The highest BCUT2D eigenvalue weighted by Crippen LogP contribution is 2.16. The Bertz CT molecular complexity index is 442. The highest BCUT2D eigenvalue weighted by Gasteiger charge is 2.28. The number of halogens is 1. The molecule has 2 fully saturated rings. The summed E-state index contributed by atoms with van der Waals surface area (Å²) in [7, 11) is 2.22. The van der Waals surface area contributed by atoms with E-state index in [4.69, 9.17) is 9.73 Å². The van der Waals surface area contributed by atoms with Crippen LogP contribution in [0.2, 0.25) is 0 Å². The van der Waals surface area contributed by atoms with Crippen LogP contribution < -0.4 is 10.6 Å². The number of guanidine groups is 1. The standard InChI is InChI=1S/C20H42N6O.HI/c1-5-21-19(23-18-20(2,3)26-14-16-27-17-15-26)22-8-6-10-25-11-7-9-24(4)12-13-25;/h5-18H2,1-4H3,(H2,21,22,23);1H. The highest BCUT2D eigenvalue weighted by molar-refractivity contribution is 14.0. The van der Waals surface area contributed by atoms with Crippen LogP contribution in [0.3, 0.4) is 0 Å². The van der Waals surface area contributed by atoms with Crippen LogP contribution in [0, 0.1) is 0 Å². The van der Waals surface area contributed by atoms with E-state index in [-0.39, 0.29) is 29.5 Å². The van der Waals surface area contributed by atoms with Crippen LogP contribution in [0.15, 0.2) is 4.99 Å². The van der Waals surface area contributed by atoms with Crippen molar-refractivity contribution < 1.29 is 4.74 Å². The van der Waals surface area contributed by atoms with Crippen LogP contribution in [0.25, 0.3) is 0 Å². The van der Waals surface area contributed by atoms with E-state index < -0.39 is 0 Å². The van der Waals surface area contributed by atoms with Crippen molar-refractivity contribution in [3.8, 4) is 0 Å². The van der Waals surface area contributed by atoms with Gasteiger partial charge in [-0.2, -0.15) is 0 Å². The molecule has 2 saturated heterocycles. The maximum Gasteiger partial charge on any atom is 0.191 e. The molecule has 166 valence electrons. The predicted molar refractivity (Wildman–Crippen MR) is 129 cm³/mol. The van der Waals surface area contributed by atoms with E-state index in [2.05, 4.69) is 53.2 Å². The van der Waals surface area contributed by atoms with Gasteiger partial charge in [-0.25, -0.2) is 0 Å². The summed E-state index contributed by atoms with van der Waals surface area (Å²) >= 11 is 0. The normalized spacial score (nSPS) is 21.1. The number of ether oxygens (including phenoxy) is 1. The van der Waals surface area contributed by atoms with Crippen molar-refractivity contribution in [2.75, 3.05) is 85.7 Å². The molecule has 2 rings (SSSR count). The van der Waals surface area contributed by atoms with Crippen LogP contribution in [0.4, 0.5) is 0 Å². The van der Waals surface area contributed by atoms with Gasteiger partial charge in [0.15, 0.2) is 5.96 Å². The van der Waals surface area contributed by atoms with E-state index in [1.54, 1.807) is 0 Å². The molecule has 0 radical (unpaired) electrons. The van der Waals surface area contributed by atoms with Gasteiger partial charge in [0.25, 0.3) is 0 Å². The molecule has 0 saturated carbocycles. The fourth-order valence-electron chi connectivity index (χ4n) is 3.72. The summed E-state index contributed by atoms with van der Waals surface area (Å²) in [5.74, 6) is 0.939. The maximum atomic E-state index is 5.48. The number of rotatable bonds is 8. The molecule has 0 aromatic rings. The lowest BCUT2D eigenvalue weighted by atomic mass is 10.0. The van der Waals surface area contributed by atoms with Crippen molar-refractivity contribution in [3.05, 3.63) is 0 Å². The minimum absolute atomic E-state index is 0. The zero-order valence-electron chi connectivity index (χ0n) is 18.5. The first-order chi connectivity index (χ1) is 13.0. The maximum absolute atomic E-state index is 5.48. The van der Waals surface area contributed by atoms with Crippen LogP contribution in [-0.4, -0.2) is 112 Å². The Morgan fingerprint density at radius 3 is 2.50 bits per heavy atom. The third kappa shape index (κ3) is 9.56. The van der Waals surface area contributed by atoms with Gasteiger partial charge in [-0.15, -0.1) is 24.0 Å². The second kappa shape index (κ2) is 14.0. The molecular formula is C20H43IN6O. The first-order valence-electron chi connectivity index (χ1n) is 10.8. The fraction of sp³-hybridized carbons (Fsp3) is 0.950. The van der Waals surface area contributed by atoms with E-state index in [0.717, 1.165) is 58.3 Å². The van der Waals surface area contributed by atoms with Crippen molar-refractivity contribution in [1.29, 1.82) is 0 Å². The molecule has 7 nitrogen and oxygen atoms in total. The summed E-state index contributed by atoms with van der Waals surface area (Å²) < 4.78 is 5.48. The molecule has 0 bridgehead atoms. The van der Waals surface area contributed by atoms with Gasteiger partial charge in [0, 0.05) is 44.8 Å². The first kappa shape index (κ1) is 25.9. The molecule has 0 amide bonds. The van der Waals surface area contributed by atoms with Gasteiger partial charge in [0.05, 0.1) is 19.8 Å². The molecule has 0 atom stereocenters. The number of likely N-dealkylation sites (N-methyl/N-ethyl adjacent to an activating group) is 1. The quantitative estimate of drug-likeness (QED) is 0.222. The van der Waals surface area contributed by atoms with Gasteiger partial charge >= 0.3 is 0 Å². The lowest BCUT2D eigenvalue weighted by molar-refractivity contribution is -0.00683. The molecule has 0 aromatic heterocycles. The summed E-state index contributed by atoms with van der Waals surface area (Å²) in [5, 5.41) is 6.91. The largest absolute Gasteiger partial charge is 0.379 e. The highest BCUT2D eigenvalue weighted by atomic mass is 127. The van der Waals surface area contributed by atoms with E-state index in [1.165, 1.54) is 39.1 Å². The number of hydrogen-bond donors (Lipinski definition) is 2. The fourth-order valence-corrected chi connectivity index (χ4v) is 3.72. The van der Waals surface area contributed by atoms with Gasteiger partial charge in [-0.3, -0.25) is 9.89 Å². The molecular weight excluding hydrogens is 467 g/mol. The summed E-state index contributed by atoms with van der Waals surface area (Å²) in [5.41, 5.74) is 0.0597. The SMILES string of the molecule is CCNC(=NCC(C)(C)N1CCOCC1)NCCCN1CCCN(C)CC1.I. The third-order valence-electron chi connectivity index (χ3n) is 5.59. The smallest absolute Gasteiger partial charge is 0.191 e. The third-order valence-corrected chi connectivity index (χ3v) is 5.59. The van der Waals surface area contributed by atoms with Gasteiger partial charge < -0.3 is 25.2 Å². The molecule has 2 aliphatic heterocycles. The van der Waals surface area contributed by atoms with Gasteiger partial charge in [-0.05, 0) is 60.3 Å². The molecule has 28 heavy (non-hydrogen) atoms. The van der Waals surface area contributed by atoms with Crippen molar-refractivity contribution in [1.82, 2.24) is 25.3 Å². The first-order valence-corrected chi connectivity index (χ1v) is 10.8. The lowest BCUT2D eigenvalue weighted by Crippen LogP contribution is -2.52.